The lowest BCUT2D eigenvalue weighted by Crippen LogP contribution is -2.62. The fraction of sp³-hybridized carbons (Fsp3) is 0.826. The number of carbonyl (C=O) groups excluding carboxylic acids is 1. The highest BCUT2D eigenvalue weighted by atomic mass is 35.6. The Labute approximate surface area is 199 Å². The molecule has 3 saturated carbocycles. The van der Waals surface area contributed by atoms with Gasteiger partial charge >= 0.3 is 12.1 Å². The van der Waals surface area contributed by atoms with Gasteiger partial charge in [-0.05, 0) is 79.4 Å². The molecule has 0 spiro atoms. The first-order chi connectivity index (χ1) is 14.5. The van der Waals surface area contributed by atoms with Crippen molar-refractivity contribution in [3.8, 4) is 0 Å². The van der Waals surface area contributed by atoms with Crippen LogP contribution < -0.4 is 5.32 Å². The van der Waals surface area contributed by atoms with Crippen molar-refractivity contribution in [2.45, 2.75) is 68.6 Å². The number of rotatable bonds is 3. The minimum Gasteiger partial charge on any atom is -0.481 e. The third kappa shape index (κ3) is 4.19. The number of alkyl carbamates (subject to hydrolysis) is 1. The van der Waals surface area contributed by atoms with Crippen LogP contribution in [0.15, 0.2) is 12.2 Å². The van der Waals surface area contributed by atoms with E-state index in [1.165, 1.54) is 0 Å². The summed E-state index contributed by atoms with van der Waals surface area (Å²) in [5.74, 6) is 0.536. The van der Waals surface area contributed by atoms with Crippen LogP contribution in [0.3, 0.4) is 0 Å². The van der Waals surface area contributed by atoms with E-state index in [2.05, 4.69) is 31.3 Å². The van der Waals surface area contributed by atoms with E-state index in [1.54, 1.807) is 0 Å². The van der Waals surface area contributed by atoms with E-state index in [1.807, 2.05) is 0 Å². The molecule has 0 bridgehead atoms. The number of amides is 1. The van der Waals surface area contributed by atoms with Gasteiger partial charge in [0.1, 0.15) is 6.61 Å². The summed E-state index contributed by atoms with van der Waals surface area (Å²) in [5.41, 5.74) is -0.263. The largest absolute Gasteiger partial charge is 0.481 e. The Balaban J connectivity index is 1.65. The van der Waals surface area contributed by atoms with Crippen LogP contribution in [0, 0.1) is 40.4 Å². The number of halogens is 3. The Kier molecular flexibility index (Phi) is 6.28. The standard InChI is InChI=1S/C23H32Cl3NO4/c1-21-10-4-3-5-13(21)6-7-14-15-8-9-16(19(28)29)22(15,2)11-17(18(14)21)27-20(30)31-12-23(24,25)26/h3-4,13-18H,5-12H2,1-2H3,(H,27,30)(H,28,29)/t13?,14-,15-,16?,17?,18-,21-,22-/m0/s1. The summed E-state index contributed by atoms with van der Waals surface area (Å²) in [4.78, 5) is 24.8. The number of hydrogen-bond donors (Lipinski definition) is 2. The van der Waals surface area contributed by atoms with Crippen molar-refractivity contribution in [3.63, 3.8) is 0 Å². The maximum atomic E-state index is 12.7. The first kappa shape index (κ1) is 23.5. The molecule has 3 unspecified atom stereocenters. The molecule has 0 heterocycles. The van der Waals surface area contributed by atoms with E-state index in [-0.39, 0.29) is 35.3 Å². The Morgan fingerprint density at radius 2 is 1.87 bits per heavy atom. The zero-order chi connectivity index (χ0) is 22.6. The van der Waals surface area contributed by atoms with Crippen LogP contribution in [-0.4, -0.2) is 33.6 Å². The number of hydrogen-bond acceptors (Lipinski definition) is 3. The number of allylic oxidation sites excluding steroid dienone is 2. The van der Waals surface area contributed by atoms with Crippen LogP contribution in [0.25, 0.3) is 0 Å². The van der Waals surface area contributed by atoms with Crippen LogP contribution in [0.4, 0.5) is 4.79 Å². The molecule has 0 aromatic heterocycles. The van der Waals surface area contributed by atoms with Gasteiger partial charge in [-0.25, -0.2) is 4.79 Å². The number of fused-ring (bicyclic) bond motifs is 5. The molecule has 4 aliphatic rings. The van der Waals surface area contributed by atoms with E-state index in [4.69, 9.17) is 39.5 Å². The molecule has 1 amide bonds. The zero-order valence-electron chi connectivity index (χ0n) is 18.1. The first-order valence-corrected chi connectivity index (χ1v) is 12.5. The van der Waals surface area contributed by atoms with Crippen molar-refractivity contribution in [1.29, 1.82) is 0 Å². The van der Waals surface area contributed by atoms with Gasteiger partial charge in [-0.15, -0.1) is 0 Å². The maximum Gasteiger partial charge on any atom is 0.407 e. The Hall–Kier alpha value is -0.650. The molecule has 2 N–H and O–H groups in total. The van der Waals surface area contributed by atoms with Crippen LogP contribution >= 0.6 is 34.8 Å². The van der Waals surface area contributed by atoms with Gasteiger partial charge in [-0.3, -0.25) is 4.79 Å². The lowest BCUT2D eigenvalue weighted by Gasteiger charge is -2.62. The maximum absolute atomic E-state index is 12.7. The highest BCUT2D eigenvalue weighted by Gasteiger charge is 2.64. The second-order valence-electron chi connectivity index (χ2n) is 10.6. The molecule has 8 heteroatoms. The summed E-state index contributed by atoms with van der Waals surface area (Å²) in [7, 11) is 0. The zero-order valence-corrected chi connectivity index (χ0v) is 20.3. The molecular weight excluding hydrogens is 461 g/mol. The van der Waals surface area contributed by atoms with Crippen LogP contribution in [0.5, 0.6) is 0 Å². The van der Waals surface area contributed by atoms with Gasteiger partial charge in [0.15, 0.2) is 0 Å². The molecule has 0 radical (unpaired) electrons. The fourth-order valence-electron chi connectivity index (χ4n) is 7.91. The molecule has 0 aromatic carbocycles. The fourth-order valence-corrected chi connectivity index (χ4v) is 8.07. The lowest BCUT2D eigenvalue weighted by atomic mass is 9.44. The molecule has 3 fully saturated rings. The second kappa shape index (κ2) is 8.29. The van der Waals surface area contributed by atoms with Gasteiger partial charge in [0.2, 0.25) is 3.79 Å². The normalized spacial score (nSPS) is 44.0. The smallest absolute Gasteiger partial charge is 0.407 e. The predicted molar refractivity (Wildman–Crippen MR) is 121 cm³/mol. The first-order valence-electron chi connectivity index (χ1n) is 11.3. The monoisotopic (exact) mass is 491 g/mol. The average Bonchev–Trinajstić information content (AvgIpc) is 3.02. The summed E-state index contributed by atoms with van der Waals surface area (Å²) in [6.07, 6.45) is 10.6. The molecule has 5 nitrogen and oxygen atoms in total. The molecule has 0 aliphatic heterocycles. The summed E-state index contributed by atoms with van der Waals surface area (Å²) in [6, 6.07) is -0.159. The summed E-state index contributed by atoms with van der Waals surface area (Å²) in [6.45, 7) is 4.16. The molecule has 174 valence electrons. The van der Waals surface area contributed by atoms with E-state index in [0.29, 0.717) is 30.6 Å². The number of nitrogens with one attached hydrogen (secondary N) is 1. The average molecular weight is 493 g/mol. The lowest BCUT2D eigenvalue weighted by molar-refractivity contribution is -0.153. The third-order valence-electron chi connectivity index (χ3n) is 9.14. The van der Waals surface area contributed by atoms with E-state index in [0.717, 1.165) is 32.1 Å². The van der Waals surface area contributed by atoms with E-state index < -0.39 is 15.9 Å². The quantitative estimate of drug-likeness (QED) is 0.376. The second-order valence-corrected chi connectivity index (χ2v) is 13.1. The Bertz CT molecular complexity index is 768. The van der Waals surface area contributed by atoms with Crippen molar-refractivity contribution in [1.82, 2.24) is 5.32 Å². The number of carbonyl (C=O) groups is 2. The molecule has 0 aromatic rings. The number of carboxylic acid groups (broad SMARTS) is 1. The number of aliphatic carboxylic acids is 1. The molecule has 31 heavy (non-hydrogen) atoms. The molecule has 4 aliphatic carbocycles. The number of carboxylic acids is 1. The van der Waals surface area contributed by atoms with Gasteiger partial charge in [0, 0.05) is 6.04 Å². The molecule has 0 saturated heterocycles. The van der Waals surface area contributed by atoms with E-state index in [9.17, 15) is 14.7 Å². The van der Waals surface area contributed by atoms with Gasteiger partial charge in [0.25, 0.3) is 0 Å². The van der Waals surface area contributed by atoms with Gasteiger partial charge < -0.3 is 15.2 Å². The Morgan fingerprint density at radius 1 is 1.13 bits per heavy atom. The van der Waals surface area contributed by atoms with Crippen molar-refractivity contribution >= 4 is 46.9 Å². The molecular formula is C23H32Cl3NO4. The Morgan fingerprint density at radius 3 is 2.55 bits per heavy atom. The van der Waals surface area contributed by atoms with Crippen molar-refractivity contribution in [3.05, 3.63) is 12.2 Å². The van der Waals surface area contributed by atoms with Gasteiger partial charge in [-0.1, -0.05) is 60.8 Å². The van der Waals surface area contributed by atoms with Gasteiger partial charge in [0.05, 0.1) is 5.92 Å². The van der Waals surface area contributed by atoms with Crippen molar-refractivity contribution in [2.24, 2.45) is 40.4 Å². The molecule has 8 atom stereocenters. The highest BCUT2D eigenvalue weighted by molar-refractivity contribution is 6.67. The minimum absolute atomic E-state index is 0.0769. The molecule has 4 rings (SSSR count). The summed E-state index contributed by atoms with van der Waals surface area (Å²) < 4.78 is 3.53. The minimum atomic E-state index is -1.67. The third-order valence-corrected chi connectivity index (χ3v) is 9.46. The predicted octanol–water partition coefficient (Wildman–Crippen LogP) is 5.97. The summed E-state index contributed by atoms with van der Waals surface area (Å²) >= 11 is 17.2. The van der Waals surface area contributed by atoms with Crippen LogP contribution in [-0.2, 0) is 9.53 Å². The van der Waals surface area contributed by atoms with Crippen LogP contribution in [0.2, 0.25) is 0 Å². The number of ether oxygens (including phenoxy) is 1. The van der Waals surface area contributed by atoms with Crippen molar-refractivity contribution in [2.75, 3.05) is 6.61 Å². The summed E-state index contributed by atoms with van der Waals surface area (Å²) in [5, 5.41) is 13.0. The van der Waals surface area contributed by atoms with E-state index >= 15 is 0 Å². The van der Waals surface area contributed by atoms with Gasteiger partial charge in [-0.2, -0.15) is 0 Å². The van der Waals surface area contributed by atoms with Crippen LogP contribution in [0.1, 0.15) is 58.8 Å². The van der Waals surface area contributed by atoms with Crippen molar-refractivity contribution < 1.29 is 19.4 Å². The topological polar surface area (TPSA) is 75.6 Å². The SMILES string of the molecule is C[C@]12CC=CCC1CC[C@@H]1[C@H]2C(NC(=O)OCC(Cl)(Cl)Cl)C[C@]2(C)C(C(=O)O)CC[C@@H]12. The highest BCUT2D eigenvalue weighted by Crippen LogP contribution is 2.67. The number of alkyl halides is 3.